The van der Waals surface area contributed by atoms with Crippen LogP contribution in [0.3, 0.4) is 0 Å². The molecule has 0 atom stereocenters. The van der Waals surface area contributed by atoms with Crippen LogP contribution in [0.5, 0.6) is 5.75 Å². The molecule has 1 saturated heterocycles. The predicted octanol–water partition coefficient (Wildman–Crippen LogP) is 2.53. The number of nitrogens with zero attached hydrogens (tertiary/aromatic N) is 4. The molecular formula is C17H21ClN6O2. The van der Waals surface area contributed by atoms with Gasteiger partial charge in [0.1, 0.15) is 5.75 Å². The Hall–Kier alpha value is -2.58. The standard InChI is InChI=1S/C17H21ClN6O2/c1-23-5-7-24(8-6-23)16-19-10-13(11-20-16)21-17(25)22-14-9-12(18)3-4-15(14)26-2/h3-4,9-11H,5-8H2,1-2H3,(H2,21,22,25). The number of methoxy groups -OCH3 is 1. The Kier molecular flexibility index (Phi) is 5.75. The fourth-order valence-electron chi connectivity index (χ4n) is 2.62. The summed E-state index contributed by atoms with van der Waals surface area (Å²) >= 11 is 5.96. The molecule has 2 heterocycles. The number of ether oxygens (including phenoxy) is 1. The molecule has 0 aliphatic carbocycles. The van der Waals surface area contributed by atoms with Crippen molar-refractivity contribution in [2.75, 3.05) is 55.9 Å². The van der Waals surface area contributed by atoms with Gasteiger partial charge in [0.15, 0.2) is 0 Å². The number of aromatic nitrogens is 2. The zero-order valence-corrected chi connectivity index (χ0v) is 15.5. The zero-order valence-electron chi connectivity index (χ0n) is 14.7. The predicted molar refractivity (Wildman–Crippen MR) is 102 cm³/mol. The van der Waals surface area contributed by atoms with Gasteiger partial charge in [0, 0.05) is 31.2 Å². The summed E-state index contributed by atoms with van der Waals surface area (Å²) in [6, 6.07) is 4.56. The van der Waals surface area contributed by atoms with E-state index in [1.54, 1.807) is 30.6 Å². The smallest absolute Gasteiger partial charge is 0.323 e. The van der Waals surface area contributed by atoms with Gasteiger partial charge >= 0.3 is 6.03 Å². The van der Waals surface area contributed by atoms with Crippen molar-refractivity contribution in [3.05, 3.63) is 35.6 Å². The number of anilines is 3. The average Bonchev–Trinajstić information content (AvgIpc) is 2.63. The second kappa shape index (κ2) is 8.20. The van der Waals surface area contributed by atoms with Gasteiger partial charge in [0.2, 0.25) is 5.95 Å². The number of hydrogen-bond donors (Lipinski definition) is 2. The van der Waals surface area contributed by atoms with Crippen LogP contribution in [0.15, 0.2) is 30.6 Å². The van der Waals surface area contributed by atoms with Crippen LogP contribution in [0.4, 0.5) is 22.1 Å². The molecule has 3 rings (SSSR count). The quantitative estimate of drug-likeness (QED) is 0.853. The minimum atomic E-state index is -0.429. The summed E-state index contributed by atoms with van der Waals surface area (Å²) in [6.07, 6.45) is 3.19. The van der Waals surface area contributed by atoms with Crippen LogP contribution in [-0.2, 0) is 0 Å². The zero-order chi connectivity index (χ0) is 18.5. The van der Waals surface area contributed by atoms with Crippen molar-refractivity contribution in [1.29, 1.82) is 0 Å². The van der Waals surface area contributed by atoms with Gasteiger partial charge in [0.25, 0.3) is 0 Å². The first-order valence-electron chi connectivity index (χ1n) is 8.22. The van der Waals surface area contributed by atoms with Crippen molar-refractivity contribution in [2.45, 2.75) is 0 Å². The molecule has 1 fully saturated rings. The number of urea groups is 1. The molecule has 1 aliphatic rings. The Morgan fingerprint density at radius 3 is 2.50 bits per heavy atom. The number of carbonyl (C=O) groups excluding carboxylic acids is 1. The molecule has 0 spiro atoms. The van der Waals surface area contributed by atoms with Gasteiger partial charge < -0.3 is 25.2 Å². The number of halogens is 1. The molecule has 9 heteroatoms. The fraction of sp³-hybridized carbons (Fsp3) is 0.353. The number of piperazine rings is 1. The molecule has 2 amide bonds. The van der Waals surface area contributed by atoms with Crippen molar-refractivity contribution >= 4 is 35.0 Å². The van der Waals surface area contributed by atoms with E-state index in [9.17, 15) is 4.79 Å². The van der Waals surface area contributed by atoms with Gasteiger partial charge in [-0.15, -0.1) is 0 Å². The molecule has 1 aliphatic heterocycles. The number of rotatable bonds is 4. The van der Waals surface area contributed by atoms with E-state index in [0.717, 1.165) is 26.2 Å². The molecule has 1 aromatic heterocycles. The molecule has 0 saturated carbocycles. The van der Waals surface area contributed by atoms with E-state index in [0.29, 0.717) is 28.1 Å². The van der Waals surface area contributed by atoms with Gasteiger partial charge in [-0.3, -0.25) is 0 Å². The summed E-state index contributed by atoms with van der Waals surface area (Å²) in [7, 11) is 3.62. The van der Waals surface area contributed by atoms with Crippen molar-refractivity contribution in [3.8, 4) is 5.75 Å². The number of hydrogen-bond acceptors (Lipinski definition) is 6. The van der Waals surface area contributed by atoms with Crippen LogP contribution in [-0.4, -0.2) is 61.2 Å². The summed E-state index contributed by atoms with van der Waals surface area (Å²) in [5.74, 6) is 1.19. The van der Waals surface area contributed by atoms with E-state index in [1.165, 1.54) is 7.11 Å². The first kappa shape index (κ1) is 18.2. The maximum atomic E-state index is 12.2. The largest absolute Gasteiger partial charge is 0.495 e. The molecule has 138 valence electrons. The number of benzene rings is 1. The van der Waals surface area contributed by atoms with Crippen LogP contribution in [0.1, 0.15) is 0 Å². The Morgan fingerprint density at radius 1 is 1.15 bits per heavy atom. The average molecular weight is 377 g/mol. The topological polar surface area (TPSA) is 82.6 Å². The van der Waals surface area contributed by atoms with E-state index in [4.69, 9.17) is 16.3 Å². The summed E-state index contributed by atoms with van der Waals surface area (Å²) in [6.45, 7) is 3.73. The maximum absolute atomic E-state index is 12.2. The highest BCUT2D eigenvalue weighted by molar-refractivity contribution is 6.31. The molecule has 0 unspecified atom stereocenters. The molecule has 2 N–H and O–H groups in total. The lowest BCUT2D eigenvalue weighted by Gasteiger charge is -2.32. The van der Waals surface area contributed by atoms with Gasteiger partial charge in [-0.2, -0.15) is 0 Å². The molecule has 0 radical (unpaired) electrons. The molecule has 0 bridgehead atoms. The fourth-order valence-corrected chi connectivity index (χ4v) is 2.79. The monoisotopic (exact) mass is 376 g/mol. The minimum Gasteiger partial charge on any atom is -0.495 e. The number of amides is 2. The van der Waals surface area contributed by atoms with Crippen LogP contribution in [0.2, 0.25) is 5.02 Å². The minimum absolute atomic E-state index is 0.429. The van der Waals surface area contributed by atoms with Gasteiger partial charge in [-0.25, -0.2) is 14.8 Å². The first-order chi connectivity index (χ1) is 12.5. The Balaban J connectivity index is 1.60. The lowest BCUT2D eigenvalue weighted by molar-refractivity contribution is 0.262. The van der Waals surface area contributed by atoms with Gasteiger partial charge in [0.05, 0.1) is 30.9 Å². The summed E-state index contributed by atoms with van der Waals surface area (Å²) in [5.41, 5.74) is 0.980. The van der Waals surface area contributed by atoms with E-state index in [1.807, 2.05) is 0 Å². The highest BCUT2D eigenvalue weighted by Crippen LogP contribution is 2.27. The van der Waals surface area contributed by atoms with Crippen molar-refractivity contribution < 1.29 is 9.53 Å². The normalized spacial score (nSPS) is 14.8. The SMILES string of the molecule is COc1ccc(Cl)cc1NC(=O)Nc1cnc(N2CCN(C)CC2)nc1. The summed E-state index contributed by atoms with van der Waals surface area (Å²) in [5, 5.41) is 5.90. The van der Waals surface area contributed by atoms with Crippen molar-refractivity contribution in [3.63, 3.8) is 0 Å². The molecule has 8 nitrogen and oxygen atoms in total. The van der Waals surface area contributed by atoms with Gasteiger partial charge in [-0.1, -0.05) is 11.6 Å². The van der Waals surface area contributed by atoms with E-state index in [-0.39, 0.29) is 0 Å². The number of likely N-dealkylation sites (N-methyl/N-ethyl adjacent to an activating group) is 1. The first-order valence-corrected chi connectivity index (χ1v) is 8.60. The third-order valence-corrected chi connectivity index (χ3v) is 4.33. The van der Waals surface area contributed by atoms with Crippen LogP contribution < -0.4 is 20.3 Å². The second-order valence-electron chi connectivity index (χ2n) is 5.99. The van der Waals surface area contributed by atoms with Crippen molar-refractivity contribution in [2.24, 2.45) is 0 Å². The second-order valence-corrected chi connectivity index (χ2v) is 6.42. The summed E-state index contributed by atoms with van der Waals surface area (Å²) < 4.78 is 5.21. The lowest BCUT2D eigenvalue weighted by Crippen LogP contribution is -2.45. The molecule has 26 heavy (non-hydrogen) atoms. The molecular weight excluding hydrogens is 356 g/mol. The van der Waals surface area contributed by atoms with Gasteiger partial charge in [-0.05, 0) is 25.2 Å². The van der Waals surface area contributed by atoms with Crippen molar-refractivity contribution in [1.82, 2.24) is 14.9 Å². The van der Waals surface area contributed by atoms with Crippen LogP contribution in [0, 0.1) is 0 Å². The third-order valence-electron chi connectivity index (χ3n) is 4.09. The van der Waals surface area contributed by atoms with E-state index < -0.39 is 6.03 Å². The van der Waals surface area contributed by atoms with Crippen LogP contribution in [0.25, 0.3) is 0 Å². The number of nitrogens with one attached hydrogen (secondary N) is 2. The Morgan fingerprint density at radius 2 is 1.85 bits per heavy atom. The highest BCUT2D eigenvalue weighted by Gasteiger charge is 2.16. The Bertz CT molecular complexity index is 762. The third kappa shape index (κ3) is 4.53. The van der Waals surface area contributed by atoms with E-state index >= 15 is 0 Å². The lowest BCUT2D eigenvalue weighted by atomic mass is 10.3. The molecule has 1 aromatic carbocycles. The highest BCUT2D eigenvalue weighted by atomic mass is 35.5. The summed E-state index contributed by atoms with van der Waals surface area (Å²) in [4.78, 5) is 25.3. The number of carbonyl (C=O) groups is 1. The maximum Gasteiger partial charge on any atom is 0.323 e. The van der Waals surface area contributed by atoms with E-state index in [2.05, 4.69) is 37.4 Å². The Labute approximate surface area is 157 Å². The molecule has 2 aromatic rings. The van der Waals surface area contributed by atoms with Crippen LogP contribution >= 0.6 is 11.6 Å².